The number of rotatable bonds is 4. The van der Waals surface area contributed by atoms with Crippen molar-refractivity contribution < 1.29 is 4.79 Å². The van der Waals surface area contributed by atoms with E-state index in [1.54, 1.807) is 17.1 Å². The molecule has 6 heteroatoms. The SMILES string of the molecule is Cc1nccn1CCn1cc(C=O)nn1. The van der Waals surface area contributed by atoms with Crippen LogP contribution in [0.5, 0.6) is 0 Å². The molecular weight excluding hydrogens is 194 g/mol. The van der Waals surface area contributed by atoms with Crippen LogP contribution in [-0.4, -0.2) is 30.8 Å². The lowest BCUT2D eigenvalue weighted by Gasteiger charge is -2.03. The minimum absolute atomic E-state index is 0.359. The highest BCUT2D eigenvalue weighted by molar-refractivity contribution is 5.70. The van der Waals surface area contributed by atoms with E-state index in [9.17, 15) is 4.79 Å². The van der Waals surface area contributed by atoms with Crippen LogP contribution in [0.3, 0.4) is 0 Å². The Morgan fingerprint density at radius 1 is 1.47 bits per heavy atom. The number of aryl methyl sites for hydroxylation is 3. The molecule has 2 aromatic rings. The third kappa shape index (κ3) is 2.09. The number of imidazole rings is 1. The van der Waals surface area contributed by atoms with Crippen molar-refractivity contribution in [2.45, 2.75) is 20.0 Å². The fourth-order valence-corrected chi connectivity index (χ4v) is 1.33. The van der Waals surface area contributed by atoms with Crippen molar-refractivity contribution in [1.29, 1.82) is 0 Å². The average molecular weight is 205 g/mol. The Labute approximate surface area is 86.5 Å². The number of hydrogen-bond donors (Lipinski definition) is 0. The van der Waals surface area contributed by atoms with Crippen molar-refractivity contribution in [2.75, 3.05) is 0 Å². The first-order valence-corrected chi connectivity index (χ1v) is 4.62. The van der Waals surface area contributed by atoms with Crippen molar-refractivity contribution in [3.63, 3.8) is 0 Å². The molecule has 0 radical (unpaired) electrons. The second-order valence-electron chi connectivity index (χ2n) is 3.19. The van der Waals surface area contributed by atoms with Gasteiger partial charge in [0, 0.05) is 18.9 Å². The second-order valence-corrected chi connectivity index (χ2v) is 3.19. The molecule has 0 bridgehead atoms. The monoisotopic (exact) mass is 205 g/mol. The van der Waals surface area contributed by atoms with E-state index in [0.29, 0.717) is 18.5 Å². The number of aldehydes is 1. The van der Waals surface area contributed by atoms with Gasteiger partial charge in [0.1, 0.15) is 11.5 Å². The zero-order chi connectivity index (χ0) is 10.7. The van der Waals surface area contributed by atoms with Gasteiger partial charge < -0.3 is 4.57 Å². The van der Waals surface area contributed by atoms with E-state index in [0.717, 1.165) is 12.4 Å². The van der Waals surface area contributed by atoms with Crippen LogP contribution in [0.4, 0.5) is 0 Å². The molecule has 0 spiro atoms. The Morgan fingerprint density at radius 3 is 2.93 bits per heavy atom. The lowest BCUT2D eigenvalue weighted by atomic mass is 10.5. The number of aromatic nitrogens is 5. The highest BCUT2D eigenvalue weighted by Crippen LogP contribution is 1.96. The van der Waals surface area contributed by atoms with E-state index in [4.69, 9.17) is 0 Å². The summed E-state index contributed by atoms with van der Waals surface area (Å²) in [5, 5.41) is 7.49. The van der Waals surface area contributed by atoms with Crippen LogP contribution in [0.1, 0.15) is 16.3 Å². The molecule has 0 N–H and O–H groups in total. The van der Waals surface area contributed by atoms with Crippen LogP contribution in [0.15, 0.2) is 18.6 Å². The van der Waals surface area contributed by atoms with E-state index < -0.39 is 0 Å². The fourth-order valence-electron chi connectivity index (χ4n) is 1.33. The molecule has 0 unspecified atom stereocenters. The predicted molar refractivity (Wildman–Crippen MR) is 52.4 cm³/mol. The van der Waals surface area contributed by atoms with Crippen molar-refractivity contribution >= 4 is 6.29 Å². The highest BCUT2D eigenvalue weighted by atomic mass is 16.1. The third-order valence-corrected chi connectivity index (χ3v) is 2.17. The van der Waals surface area contributed by atoms with Gasteiger partial charge in [-0.3, -0.25) is 9.48 Å². The van der Waals surface area contributed by atoms with Gasteiger partial charge in [0.15, 0.2) is 6.29 Å². The minimum atomic E-state index is 0.359. The molecule has 0 aliphatic heterocycles. The quantitative estimate of drug-likeness (QED) is 0.673. The van der Waals surface area contributed by atoms with E-state index in [-0.39, 0.29) is 0 Å². The van der Waals surface area contributed by atoms with Gasteiger partial charge in [0.05, 0.1) is 12.7 Å². The number of nitrogens with zero attached hydrogens (tertiary/aromatic N) is 5. The normalized spacial score (nSPS) is 10.5. The third-order valence-electron chi connectivity index (χ3n) is 2.17. The minimum Gasteiger partial charge on any atom is -0.333 e. The zero-order valence-electron chi connectivity index (χ0n) is 8.37. The Bertz CT molecular complexity index is 459. The summed E-state index contributed by atoms with van der Waals surface area (Å²) in [6.45, 7) is 3.39. The lowest BCUT2D eigenvalue weighted by Crippen LogP contribution is -2.08. The summed E-state index contributed by atoms with van der Waals surface area (Å²) in [5.74, 6) is 0.964. The van der Waals surface area contributed by atoms with Gasteiger partial charge in [-0.25, -0.2) is 4.98 Å². The number of hydrogen-bond acceptors (Lipinski definition) is 4. The van der Waals surface area contributed by atoms with Gasteiger partial charge in [0.25, 0.3) is 0 Å². The molecule has 0 fully saturated rings. The molecule has 0 aromatic carbocycles. The predicted octanol–water partition coefficient (Wildman–Crippen LogP) is 0.296. The maximum Gasteiger partial charge on any atom is 0.171 e. The van der Waals surface area contributed by atoms with Gasteiger partial charge in [-0.05, 0) is 6.92 Å². The molecule has 0 aliphatic rings. The molecule has 15 heavy (non-hydrogen) atoms. The number of carbonyl (C=O) groups is 1. The van der Waals surface area contributed by atoms with Gasteiger partial charge in [-0.2, -0.15) is 0 Å². The van der Waals surface area contributed by atoms with Gasteiger partial charge >= 0.3 is 0 Å². The Kier molecular flexibility index (Phi) is 2.57. The van der Waals surface area contributed by atoms with E-state index >= 15 is 0 Å². The maximum absolute atomic E-state index is 10.4. The largest absolute Gasteiger partial charge is 0.333 e. The van der Waals surface area contributed by atoms with E-state index in [1.165, 1.54) is 0 Å². The standard InChI is InChI=1S/C9H11N5O/c1-8-10-2-3-13(8)4-5-14-6-9(7-15)11-12-14/h2-3,6-7H,4-5H2,1H3. The zero-order valence-corrected chi connectivity index (χ0v) is 8.37. The highest BCUT2D eigenvalue weighted by Gasteiger charge is 2.00. The first-order valence-electron chi connectivity index (χ1n) is 4.62. The second kappa shape index (κ2) is 4.04. The molecule has 0 saturated heterocycles. The van der Waals surface area contributed by atoms with Crippen LogP contribution >= 0.6 is 0 Å². The molecule has 0 saturated carbocycles. The van der Waals surface area contributed by atoms with Crippen molar-refractivity contribution in [3.8, 4) is 0 Å². The van der Waals surface area contributed by atoms with Gasteiger partial charge in [0.2, 0.25) is 0 Å². The van der Waals surface area contributed by atoms with Gasteiger partial charge in [-0.1, -0.05) is 5.21 Å². The number of carbonyl (C=O) groups excluding carboxylic acids is 1. The summed E-state index contributed by atoms with van der Waals surface area (Å²) in [6.07, 6.45) is 5.98. The fraction of sp³-hybridized carbons (Fsp3) is 0.333. The average Bonchev–Trinajstić information content (AvgIpc) is 2.84. The first kappa shape index (κ1) is 9.57. The van der Waals surface area contributed by atoms with Crippen LogP contribution < -0.4 is 0 Å². The van der Waals surface area contributed by atoms with Crippen molar-refractivity contribution in [3.05, 3.63) is 30.1 Å². The summed E-state index contributed by atoms with van der Waals surface area (Å²) in [4.78, 5) is 14.5. The molecule has 2 aromatic heterocycles. The molecule has 0 aliphatic carbocycles. The summed E-state index contributed by atoms with van der Waals surface area (Å²) >= 11 is 0. The molecule has 6 nitrogen and oxygen atoms in total. The molecule has 2 rings (SSSR count). The van der Waals surface area contributed by atoms with Gasteiger partial charge in [-0.15, -0.1) is 5.10 Å². The summed E-state index contributed by atoms with van der Waals surface area (Å²) in [7, 11) is 0. The smallest absolute Gasteiger partial charge is 0.171 e. The lowest BCUT2D eigenvalue weighted by molar-refractivity contribution is 0.111. The first-order chi connectivity index (χ1) is 7.29. The van der Waals surface area contributed by atoms with E-state index in [2.05, 4.69) is 15.3 Å². The Morgan fingerprint density at radius 2 is 2.33 bits per heavy atom. The molecule has 0 atom stereocenters. The molecule has 78 valence electrons. The van der Waals surface area contributed by atoms with E-state index in [1.807, 2.05) is 17.7 Å². The van der Waals surface area contributed by atoms with Crippen molar-refractivity contribution in [1.82, 2.24) is 24.5 Å². The topological polar surface area (TPSA) is 65.6 Å². The van der Waals surface area contributed by atoms with Crippen LogP contribution in [0, 0.1) is 6.92 Å². The summed E-state index contributed by atoms with van der Waals surface area (Å²) < 4.78 is 3.66. The maximum atomic E-state index is 10.4. The molecule has 0 amide bonds. The van der Waals surface area contributed by atoms with Crippen LogP contribution in [-0.2, 0) is 13.1 Å². The Balaban J connectivity index is 1.99. The molecule has 2 heterocycles. The van der Waals surface area contributed by atoms with Crippen LogP contribution in [0.2, 0.25) is 0 Å². The summed E-state index contributed by atoms with van der Waals surface area (Å²) in [6, 6.07) is 0. The van der Waals surface area contributed by atoms with Crippen LogP contribution in [0.25, 0.3) is 0 Å². The Hall–Kier alpha value is -1.98. The summed E-state index contributed by atoms with van der Waals surface area (Å²) in [5.41, 5.74) is 0.359. The molecular formula is C9H11N5O. The van der Waals surface area contributed by atoms with Crippen molar-refractivity contribution in [2.24, 2.45) is 0 Å².